The summed E-state index contributed by atoms with van der Waals surface area (Å²) in [7, 11) is 0. The predicted molar refractivity (Wildman–Crippen MR) is 79.3 cm³/mol. The number of carbonyl (C=O) groups is 1. The van der Waals surface area contributed by atoms with Crippen molar-refractivity contribution in [2.45, 2.75) is 53.0 Å². The molecule has 110 valence electrons. The van der Waals surface area contributed by atoms with Gasteiger partial charge in [-0.15, -0.1) is 0 Å². The van der Waals surface area contributed by atoms with Crippen molar-refractivity contribution in [3.63, 3.8) is 0 Å². The molecule has 1 heterocycles. The molecule has 0 aromatic rings. The van der Waals surface area contributed by atoms with E-state index in [-0.39, 0.29) is 11.3 Å². The van der Waals surface area contributed by atoms with Crippen molar-refractivity contribution in [3.8, 4) is 0 Å². The summed E-state index contributed by atoms with van der Waals surface area (Å²) in [6, 6.07) is 0.650. The first kappa shape index (κ1) is 15.0. The monoisotopic (exact) mass is 266 g/mol. The van der Waals surface area contributed by atoms with Gasteiger partial charge in [0.15, 0.2) is 0 Å². The molecule has 1 saturated carbocycles. The Kier molecular flexibility index (Phi) is 4.67. The Balaban J connectivity index is 1.84. The van der Waals surface area contributed by atoms with E-state index in [1.165, 1.54) is 6.42 Å². The Morgan fingerprint density at radius 2 is 1.84 bits per heavy atom. The lowest BCUT2D eigenvalue weighted by Gasteiger charge is -2.40. The fourth-order valence-corrected chi connectivity index (χ4v) is 3.55. The standard InChI is InChI=1S/C16H30N2O/c1-13(2)18-10-8-17(9-11-18)12-14-6-5-7-16(3,4)15(14)19/h13-14H,5-12H2,1-4H3. The first-order valence-corrected chi connectivity index (χ1v) is 7.91. The fourth-order valence-electron chi connectivity index (χ4n) is 3.55. The van der Waals surface area contributed by atoms with Crippen LogP contribution in [-0.2, 0) is 4.79 Å². The maximum absolute atomic E-state index is 12.5. The van der Waals surface area contributed by atoms with E-state index in [0.29, 0.717) is 11.8 Å². The second-order valence-electron chi connectivity index (χ2n) is 7.27. The van der Waals surface area contributed by atoms with Gasteiger partial charge in [-0.25, -0.2) is 0 Å². The van der Waals surface area contributed by atoms with Crippen LogP contribution in [0.3, 0.4) is 0 Å². The molecule has 0 amide bonds. The van der Waals surface area contributed by atoms with E-state index in [1.807, 2.05) is 0 Å². The quantitative estimate of drug-likeness (QED) is 0.784. The van der Waals surface area contributed by atoms with Gasteiger partial charge in [0.25, 0.3) is 0 Å². The Morgan fingerprint density at radius 3 is 2.42 bits per heavy atom. The van der Waals surface area contributed by atoms with Crippen LogP contribution in [0.1, 0.15) is 47.0 Å². The number of hydrogen-bond donors (Lipinski definition) is 0. The zero-order valence-electron chi connectivity index (χ0n) is 13.1. The molecule has 2 aliphatic rings. The maximum Gasteiger partial charge on any atom is 0.142 e. The Hall–Kier alpha value is -0.410. The summed E-state index contributed by atoms with van der Waals surface area (Å²) in [4.78, 5) is 17.5. The summed E-state index contributed by atoms with van der Waals surface area (Å²) in [5.74, 6) is 0.791. The highest BCUT2D eigenvalue weighted by atomic mass is 16.1. The highest BCUT2D eigenvalue weighted by Crippen LogP contribution is 2.35. The molecular formula is C16H30N2O. The second kappa shape index (κ2) is 5.92. The number of ketones is 1. The van der Waals surface area contributed by atoms with Gasteiger partial charge in [0.05, 0.1) is 0 Å². The van der Waals surface area contributed by atoms with Crippen LogP contribution in [0.15, 0.2) is 0 Å². The van der Waals surface area contributed by atoms with Gasteiger partial charge in [-0.3, -0.25) is 9.69 Å². The minimum absolute atomic E-state index is 0.0807. The topological polar surface area (TPSA) is 23.6 Å². The lowest BCUT2D eigenvalue weighted by molar-refractivity contribution is -0.135. The summed E-state index contributed by atoms with van der Waals surface area (Å²) >= 11 is 0. The molecule has 1 aliphatic heterocycles. The van der Waals surface area contributed by atoms with E-state index in [2.05, 4.69) is 37.5 Å². The van der Waals surface area contributed by atoms with Crippen LogP contribution >= 0.6 is 0 Å². The Morgan fingerprint density at radius 1 is 1.21 bits per heavy atom. The van der Waals surface area contributed by atoms with Gasteiger partial charge >= 0.3 is 0 Å². The van der Waals surface area contributed by atoms with Crippen molar-refractivity contribution in [1.29, 1.82) is 0 Å². The Bertz CT molecular complexity index is 317. The van der Waals surface area contributed by atoms with Crippen molar-refractivity contribution in [1.82, 2.24) is 9.80 Å². The molecule has 2 rings (SSSR count). The molecular weight excluding hydrogens is 236 g/mol. The summed E-state index contributed by atoms with van der Waals surface area (Å²) < 4.78 is 0. The zero-order valence-corrected chi connectivity index (χ0v) is 13.1. The van der Waals surface area contributed by atoms with Crippen LogP contribution in [0.25, 0.3) is 0 Å². The molecule has 1 unspecified atom stereocenters. The summed E-state index contributed by atoms with van der Waals surface area (Å²) in [6.45, 7) is 14.3. The number of carbonyl (C=O) groups excluding carboxylic acids is 1. The molecule has 0 N–H and O–H groups in total. The number of Topliss-reactive ketones (excluding diaryl/α,β-unsaturated/α-hetero) is 1. The van der Waals surface area contributed by atoms with E-state index in [9.17, 15) is 4.79 Å². The summed E-state index contributed by atoms with van der Waals surface area (Å²) in [6.07, 6.45) is 3.39. The van der Waals surface area contributed by atoms with Gasteiger partial charge in [0, 0.05) is 50.1 Å². The average Bonchev–Trinajstić information content (AvgIpc) is 2.35. The highest BCUT2D eigenvalue weighted by Gasteiger charge is 2.38. The summed E-state index contributed by atoms with van der Waals surface area (Å²) in [5, 5.41) is 0. The van der Waals surface area contributed by atoms with Crippen molar-refractivity contribution in [2.24, 2.45) is 11.3 Å². The summed E-state index contributed by atoms with van der Waals surface area (Å²) in [5.41, 5.74) is -0.0807. The lowest BCUT2D eigenvalue weighted by Crippen LogP contribution is -2.51. The molecule has 0 spiro atoms. The van der Waals surface area contributed by atoms with E-state index >= 15 is 0 Å². The number of rotatable bonds is 3. The molecule has 0 radical (unpaired) electrons. The molecule has 2 fully saturated rings. The minimum atomic E-state index is -0.0807. The van der Waals surface area contributed by atoms with Crippen molar-refractivity contribution >= 4 is 5.78 Å². The highest BCUT2D eigenvalue weighted by molar-refractivity contribution is 5.87. The van der Waals surface area contributed by atoms with Crippen LogP contribution < -0.4 is 0 Å². The molecule has 1 saturated heterocycles. The largest absolute Gasteiger partial charge is 0.300 e. The van der Waals surface area contributed by atoms with E-state index in [1.54, 1.807) is 0 Å². The molecule has 1 aliphatic carbocycles. The van der Waals surface area contributed by atoms with Gasteiger partial charge in [-0.1, -0.05) is 20.3 Å². The molecule has 19 heavy (non-hydrogen) atoms. The van der Waals surface area contributed by atoms with E-state index < -0.39 is 0 Å². The Labute approximate surface area is 118 Å². The normalized spacial score (nSPS) is 29.9. The van der Waals surface area contributed by atoms with E-state index in [0.717, 1.165) is 45.6 Å². The maximum atomic E-state index is 12.5. The minimum Gasteiger partial charge on any atom is -0.300 e. The fraction of sp³-hybridized carbons (Fsp3) is 0.938. The number of piperazine rings is 1. The third-order valence-corrected chi connectivity index (χ3v) is 5.01. The van der Waals surface area contributed by atoms with Crippen molar-refractivity contribution in [2.75, 3.05) is 32.7 Å². The lowest BCUT2D eigenvalue weighted by atomic mass is 9.71. The van der Waals surface area contributed by atoms with E-state index in [4.69, 9.17) is 0 Å². The molecule has 0 bridgehead atoms. The van der Waals surface area contributed by atoms with Gasteiger partial charge in [0.1, 0.15) is 5.78 Å². The molecule has 3 heteroatoms. The first-order valence-electron chi connectivity index (χ1n) is 7.91. The molecule has 3 nitrogen and oxygen atoms in total. The molecule has 1 atom stereocenters. The van der Waals surface area contributed by atoms with Crippen LogP contribution in [0.4, 0.5) is 0 Å². The second-order valence-corrected chi connectivity index (χ2v) is 7.27. The number of hydrogen-bond acceptors (Lipinski definition) is 3. The third kappa shape index (κ3) is 3.57. The average molecular weight is 266 g/mol. The molecule has 0 aromatic heterocycles. The predicted octanol–water partition coefficient (Wildman–Crippen LogP) is 2.41. The van der Waals surface area contributed by atoms with Crippen LogP contribution in [-0.4, -0.2) is 54.3 Å². The van der Waals surface area contributed by atoms with Crippen molar-refractivity contribution < 1.29 is 4.79 Å². The van der Waals surface area contributed by atoms with Crippen LogP contribution in [0.2, 0.25) is 0 Å². The molecule has 0 aromatic carbocycles. The first-order chi connectivity index (χ1) is 8.90. The smallest absolute Gasteiger partial charge is 0.142 e. The van der Waals surface area contributed by atoms with Gasteiger partial charge in [0.2, 0.25) is 0 Å². The van der Waals surface area contributed by atoms with Gasteiger partial charge in [-0.05, 0) is 26.7 Å². The third-order valence-electron chi connectivity index (χ3n) is 5.01. The van der Waals surface area contributed by atoms with Crippen LogP contribution in [0, 0.1) is 11.3 Å². The number of nitrogens with zero attached hydrogens (tertiary/aromatic N) is 2. The van der Waals surface area contributed by atoms with Gasteiger partial charge < -0.3 is 4.90 Å². The van der Waals surface area contributed by atoms with Crippen molar-refractivity contribution in [3.05, 3.63) is 0 Å². The van der Waals surface area contributed by atoms with Crippen LogP contribution in [0.5, 0.6) is 0 Å². The zero-order chi connectivity index (χ0) is 14.0. The SMILES string of the molecule is CC(C)N1CCN(CC2CCCC(C)(C)C2=O)CC1. The van der Waals surface area contributed by atoms with Gasteiger partial charge in [-0.2, -0.15) is 0 Å².